The molecular weight excluding hydrogens is 330 g/mol. The van der Waals surface area contributed by atoms with Crippen LogP contribution in [0.3, 0.4) is 0 Å². The summed E-state index contributed by atoms with van der Waals surface area (Å²) in [6.45, 7) is 3.11. The monoisotopic (exact) mass is 351 g/mol. The number of carbonyl (C=O) groups excluding carboxylic acids is 1. The van der Waals surface area contributed by atoms with Gasteiger partial charge < -0.3 is 9.26 Å². The van der Waals surface area contributed by atoms with Gasteiger partial charge in [0.2, 0.25) is 11.7 Å². The molecule has 3 aromatic rings. The van der Waals surface area contributed by atoms with Crippen molar-refractivity contribution in [3.8, 4) is 11.4 Å². The number of ether oxygens (including phenoxy) is 1. The predicted molar refractivity (Wildman–Crippen MR) is 97.0 cm³/mol. The third-order valence-electron chi connectivity index (χ3n) is 3.93. The summed E-state index contributed by atoms with van der Waals surface area (Å²) >= 11 is 0. The molecule has 2 aromatic carbocycles. The van der Waals surface area contributed by atoms with Gasteiger partial charge in [-0.15, -0.1) is 0 Å². The lowest BCUT2D eigenvalue weighted by atomic mass is 10.1. The van der Waals surface area contributed by atoms with Crippen LogP contribution in [0.2, 0.25) is 0 Å². The summed E-state index contributed by atoms with van der Waals surface area (Å²) in [5.74, 6) is 0.696. The lowest BCUT2D eigenvalue weighted by Crippen LogP contribution is -2.30. The van der Waals surface area contributed by atoms with Crippen molar-refractivity contribution >= 4 is 5.97 Å². The maximum atomic E-state index is 11.7. The van der Waals surface area contributed by atoms with Crippen LogP contribution in [0.5, 0.6) is 0 Å². The van der Waals surface area contributed by atoms with E-state index in [0.717, 1.165) is 16.7 Å². The Morgan fingerprint density at radius 2 is 1.92 bits per heavy atom. The van der Waals surface area contributed by atoms with Crippen molar-refractivity contribution in [1.29, 1.82) is 0 Å². The van der Waals surface area contributed by atoms with E-state index in [0.29, 0.717) is 24.8 Å². The molecule has 0 aliphatic heterocycles. The number of hydrogen-bond donors (Lipinski definition) is 0. The third-order valence-corrected chi connectivity index (χ3v) is 3.93. The molecule has 0 atom stereocenters. The van der Waals surface area contributed by atoms with Gasteiger partial charge in [-0.3, -0.25) is 9.69 Å². The molecule has 134 valence electrons. The highest BCUT2D eigenvalue weighted by molar-refractivity contribution is 5.71. The van der Waals surface area contributed by atoms with E-state index in [-0.39, 0.29) is 12.5 Å². The Labute approximate surface area is 152 Å². The molecule has 1 heterocycles. The molecule has 26 heavy (non-hydrogen) atoms. The average molecular weight is 351 g/mol. The largest absolute Gasteiger partial charge is 0.468 e. The topological polar surface area (TPSA) is 68.5 Å². The van der Waals surface area contributed by atoms with Crippen molar-refractivity contribution < 1.29 is 14.1 Å². The zero-order valence-corrected chi connectivity index (χ0v) is 14.9. The lowest BCUT2D eigenvalue weighted by Gasteiger charge is -2.19. The number of rotatable bonds is 7. The van der Waals surface area contributed by atoms with Crippen molar-refractivity contribution in [2.45, 2.75) is 20.0 Å². The van der Waals surface area contributed by atoms with Crippen LogP contribution in [0.4, 0.5) is 0 Å². The van der Waals surface area contributed by atoms with Gasteiger partial charge in [0, 0.05) is 12.1 Å². The van der Waals surface area contributed by atoms with Gasteiger partial charge in [-0.05, 0) is 18.6 Å². The molecule has 1 aromatic heterocycles. The van der Waals surface area contributed by atoms with Gasteiger partial charge in [-0.2, -0.15) is 4.98 Å². The molecule has 3 rings (SSSR count). The number of hydrogen-bond acceptors (Lipinski definition) is 6. The van der Waals surface area contributed by atoms with Crippen LogP contribution in [0.1, 0.15) is 17.0 Å². The van der Waals surface area contributed by atoms with Gasteiger partial charge in [0.05, 0.1) is 20.2 Å². The smallest absolute Gasteiger partial charge is 0.319 e. The van der Waals surface area contributed by atoms with Crippen molar-refractivity contribution in [2.75, 3.05) is 13.7 Å². The number of esters is 1. The third kappa shape index (κ3) is 4.77. The summed E-state index contributed by atoms with van der Waals surface area (Å²) in [6, 6.07) is 17.8. The first-order valence-electron chi connectivity index (χ1n) is 8.37. The van der Waals surface area contributed by atoms with Crippen LogP contribution in [0, 0.1) is 6.92 Å². The Hall–Kier alpha value is -2.99. The molecule has 0 radical (unpaired) electrons. The molecule has 0 aliphatic carbocycles. The number of carbonyl (C=O) groups is 1. The Balaban J connectivity index is 1.75. The van der Waals surface area contributed by atoms with Crippen LogP contribution in [0.15, 0.2) is 59.1 Å². The summed E-state index contributed by atoms with van der Waals surface area (Å²) in [5, 5.41) is 4.06. The average Bonchev–Trinajstić information content (AvgIpc) is 3.11. The highest BCUT2D eigenvalue weighted by Crippen LogP contribution is 2.18. The Bertz CT molecular complexity index is 862. The zero-order chi connectivity index (χ0) is 18.4. The summed E-state index contributed by atoms with van der Waals surface area (Å²) in [7, 11) is 1.38. The highest BCUT2D eigenvalue weighted by atomic mass is 16.5. The first-order chi connectivity index (χ1) is 12.6. The van der Waals surface area contributed by atoms with E-state index in [2.05, 4.69) is 10.1 Å². The van der Waals surface area contributed by atoms with Gasteiger partial charge in [0.15, 0.2) is 0 Å². The molecule has 0 amide bonds. The van der Waals surface area contributed by atoms with Crippen molar-refractivity contribution in [3.63, 3.8) is 0 Å². The number of methoxy groups -OCH3 is 1. The fourth-order valence-electron chi connectivity index (χ4n) is 2.67. The minimum atomic E-state index is -0.306. The van der Waals surface area contributed by atoms with Crippen LogP contribution in [0.25, 0.3) is 11.4 Å². The number of nitrogens with zero attached hydrogens (tertiary/aromatic N) is 3. The Morgan fingerprint density at radius 3 is 2.65 bits per heavy atom. The summed E-state index contributed by atoms with van der Waals surface area (Å²) in [6.07, 6.45) is 0. The van der Waals surface area contributed by atoms with Gasteiger partial charge in [-0.1, -0.05) is 59.3 Å². The van der Waals surface area contributed by atoms with Gasteiger partial charge in [0.1, 0.15) is 0 Å². The molecule has 0 unspecified atom stereocenters. The SMILES string of the molecule is COC(=O)CN(Cc1ccccc1)Cc1nc(-c2cccc(C)c2)no1. The molecule has 0 bridgehead atoms. The van der Waals surface area contributed by atoms with E-state index in [9.17, 15) is 4.79 Å². The van der Waals surface area contributed by atoms with Gasteiger partial charge >= 0.3 is 5.97 Å². The van der Waals surface area contributed by atoms with Gasteiger partial charge in [0.25, 0.3) is 0 Å². The summed E-state index contributed by atoms with van der Waals surface area (Å²) < 4.78 is 10.2. The standard InChI is InChI=1S/C20H21N3O3/c1-15-7-6-10-17(11-15)20-21-18(26-22-20)13-23(14-19(24)25-2)12-16-8-4-3-5-9-16/h3-11H,12-14H2,1-2H3. The fraction of sp³-hybridized carbons (Fsp3) is 0.250. The molecule has 6 heteroatoms. The molecule has 0 saturated heterocycles. The fourth-order valence-corrected chi connectivity index (χ4v) is 2.67. The molecule has 0 fully saturated rings. The Morgan fingerprint density at radius 1 is 1.12 bits per heavy atom. The summed E-state index contributed by atoms with van der Waals surface area (Å²) in [5.41, 5.74) is 3.13. The second kappa shape index (κ2) is 8.40. The maximum Gasteiger partial charge on any atom is 0.319 e. The summed E-state index contributed by atoms with van der Waals surface area (Å²) in [4.78, 5) is 18.1. The first-order valence-corrected chi connectivity index (χ1v) is 8.37. The second-order valence-electron chi connectivity index (χ2n) is 6.09. The van der Waals surface area contributed by atoms with Crippen molar-refractivity contribution in [3.05, 3.63) is 71.6 Å². The molecular formula is C20H21N3O3. The van der Waals surface area contributed by atoms with Crippen LogP contribution < -0.4 is 0 Å². The Kier molecular flexibility index (Phi) is 5.76. The number of benzene rings is 2. The molecule has 0 spiro atoms. The molecule has 0 N–H and O–H groups in total. The van der Waals surface area contributed by atoms with Crippen LogP contribution in [-0.2, 0) is 22.6 Å². The van der Waals surface area contributed by atoms with E-state index >= 15 is 0 Å². The number of aryl methyl sites for hydroxylation is 1. The minimum absolute atomic E-state index is 0.146. The molecule has 6 nitrogen and oxygen atoms in total. The number of aromatic nitrogens is 2. The van der Waals surface area contributed by atoms with E-state index in [1.165, 1.54) is 7.11 Å². The zero-order valence-electron chi connectivity index (χ0n) is 14.9. The second-order valence-corrected chi connectivity index (χ2v) is 6.09. The van der Waals surface area contributed by atoms with E-state index < -0.39 is 0 Å². The van der Waals surface area contributed by atoms with Crippen LogP contribution in [-0.4, -0.2) is 34.7 Å². The quantitative estimate of drug-likeness (QED) is 0.609. The molecule has 0 aliphatic rings. The lowest BCUT2D eigenvalue weighted by molar-refractivity contribution is -0.142. The minimum Gasteiger partial charge on any atom is -0.468 e. The predicted octanol–water partition coefficient (Wildman–Crippen LogP) is 3.22. The van der Waals surface area contributed by atoms with Gasteiger partial charge in [-0.25, -0.2) is 0 Å². The van der Waals surface area contributed by atoms with E-state index in [1.807, 2.05) is 66.4 Å². The van der Waals surface area contributed by atoms with E-state index in [4.69, 9.17) is 9.26 Å². The maximum absolute atomic E-state index is 11.7. The van der Waals surface area contributed by atoms with Crippen LogP contribution >= 0.6 is 0 Å². The van der Waals surface area contributed by atoms with Crippen molar-refractivity contribution in [1.82, 2.24) is 15.0 Å². The normalized spacial score (nSPS) is 10.9. The molecule has 0 saturated carbocycles. The highest BCUT2D eigenvalue weighted by Gasteiger charge is 2.17. The first kappa shape index (κ1) is 17.8. The van der Waals surface area contributed by atoms with E-state index in [1.54, 1.807) is 0 Å². The van der Waals surface area contributed by atoms with Crippen molar-refractivity contribution in [2.24, 2.45) is 0 Å².